The molecule has 0 radical (unpaired) electrons. The van der Waals surface area contributed by atoms with Crippen molar-refractivity contribution in [2.45, 2.75) is 32.9 Å². The van der Waals surface area contributed by atoms with Crippen molar-refractivity contribution >= 4 is 22.6 Å². The van der Waals surface area contributed by atoms with Crippen LogP contribution in [0.4, 0.5) is 0 Å². The first kappa shape index (κ1) is 20.3. The molecule has 7 nitrogen and oxygen atoms in total. The number of rotatable bonds is 7. The van der Waals surface area contributed by atoms with Gasteiger partial charge in [0, 0.05) is 11.9 Å². The molecule has 3 aromatic rings. The van der Waals surface area contributed by atoms with Crippen molar-refractivity contribution < 1.29 is 14.3 Å². The molecule has 0 aliphatic carbocycles. The Morgan fingerprint density at radius 1 is 1.07 bits per heavy atom. The normalized spacial score (nSPS) is 11.8. The van der Waals surface area contributed by atoms with Gasteiger partial charge in [0.05, 0.1) is 11.4 Å². The molecule has 0 unspecified atom stereocenters. The fourth-order valence-electron chi connectivity index (χ4n) is 3.06. The molecule has 0 aliphatic heterocycles. The van der Waals surface area contributed by atoms with Gasteiger partial charge in [0.1, 0.15) is 0 Å². The highest BCUT2D eigenvalue weighted by molar-refractivity contribution is 6.02. The van der Waals surface area contributed by atoms with E-state index in [2.05, 4.69) is 10.4 Å². The van der Waals surface area contributed by atoms with Crippen LogP contribution in [0.3, 0.4) is 0 Å². The Labute approximate surface area is 168 Å². The van der Waals surface area contributed by atoms with E-state index in [1.807, 2.05) is 44.2 Å². The van der Waals surface area contributed by atoms with Crippen molar-refractivity contribution in [2.24, 2.45) is 0 Å². The molecule has 0 saturated heterocycles. The lowest BCUT2D eigenvalue weighted by molar-refractivity contribution is -0.124. The number of fused-ring (bicyclic) bond motifs is 1. The van der Waals surface area contributed by atoms with Gasteiger partial charge in [-0.2, -0.15) is 5.10 Å². The SMILES string of the molecule is CCCn1nc(C(=O)OCC(=O)N[C@@H](C)c2ccccc2)c2ccccc2c1=O. The van der Waals surface area contributed by atoms with Gasteiger partial charge in [-0.1, -0.05) is 55.5 Å². The standard InChI is InChI=1S/C22H23N3O4/c1-3-13-25-21(27)18-12-8-7-11-17(18)20(24-25)22(28)29-14-19(26)23-15(2)16-9-5-4-6-10-16/h4-12,15H,3,13-14H2,1-2H3,(H,23,26)/t15-/m0/s1. The molecule has 0 spiro atoms. The van der Waals surface area contributed by atoms with E-state index in [9.17, 15) is 14.4 Å². The predicted octanol–water partition coefficient (Wildman–Crippen LogP) is 2.84. The molecule has 2 aromatic carbocycles. The van der Waals surface area contributed by atoms with Crippen LogP contribution < -0.4 is 10.9 Å². The number of aromatic nitrogens is 2. The van der Waals surface area contributed by atoms with Crippen molar-refractivity contribution in [1.82, 2.24) is 15.1 Å². The molecule has 1 atom stereocenters. The Morgan fingerprint density at radius 3 is 2.41 bits per heavy atom. The van der Waals surface area contributed by atoms with E-state index in [0.29, 0.717) is 23.7 Å². The first-order valence-corrected chi connectivity index (χ1v) is 9.52. The third kappa shape index (κ3) is 4.68. The maximum Gasteiger partial charge on any atom is 0.359 e. The van der Waals surface area contributed by atoms with Crippen molar-refractivity contribution in [1.29, 1.82) is 0 Å². The Bertz CT molecular complexity index is 1080. The van der Waals surface area contributed by atoms with E-state index in [0.717, 1.165) is 5.56 Å². The number of carbonyl (C=O) groups is 2. The molecule has 1 N–H and O–H groups in total. The summed E-state index contributed by atoms with van der Waals surface area (Å²) in [5, 5.41) is 7.77. The summed E-state index contributed by atoms with van der Waals surface area (Å²) in [6, 6.07) is 16.0. The fraction of sp³-hybridized carbons (Fsp3) is 0.273. The van der Waals surface area contributed by atoms with Crippen LogP contribution >= 0.6 is 0 Å². The van der Waals surface area contributed by atoms with E-state index >= 15 is 0 Å². The van der Waals surface area contributed by atoms with Crippen LogP contribution in [-0.2, 0) is 16.1 Å². The average Bonchev–Trinajstić information content (AvgIpc) is 2.74. The van der Waals surface area contributed by atoms with E-state index in [4.69, 9.17) is 4.74 Å². The molecular formula is C22H23N3O4. The molecule has 0 saturated carbocycles. The minimum absolute atomic E-state index is 0.0255. The summed E-state index contributed by atoms with van der Waals surface area (Å²) >= 11 is 0. The largest absolute Gasteiger partial charge is 0.451 e. The van der Waals surface area contributed by atoms with Crippen molar-refractivity contribution in [2.75, 3.05) is 6.61 Å². The number of nitrogens with zero attached hydrogens (tertiary/aromatic N) is 2. The molecule has 0 bridgehead atoms. The van der Waals surface area contributed by atoms with Gasteiger partial charge in [-0.05, 0) is 25.0 Å². The summed E-state index contributed by atoms with van der Waals surface area (Å²) in [5.41, 5.74) is 0.720. The molecule has 3 rings (SSSR count). The number of carbonyl (C=O) groups excluding carboxylic acids is 2. The van der Waals surface area contributed by atoms with Crippen LogP contribution in [0.25, 0.3) is 10.8 Å². The van der Waals surface area contributed by atoms with Crippen LogP contribution in [0.1, 0.15) is 42.4 Å². The van der Waals surface area contributed by atoms with E-state index in [-0.39, 0.29) is 17.3 Å². The number of hydrogen-bond donors (Lipinski definition) is 1. The van der Waals surface area contributed by atoms with Gasteiger partial charge >= 0.3 is 5.97 Å². The minimum Gasteiger partial charge on any atom is -0.451 e. The monoisotopic (exact) mass is 393 g/mol. The smallest absolute Gasteiger partial charge is 0.359 e. The molecule has 0 fully saturated rings. The Balaban J connectivity index is 1.74. The van der Waals surface area contributed by atoms with E-state index < -0.39 is 18.5 Å². The highest BCUT2D eigenvalue weighted by Gasteiger charge is 2.19. The zero-order chi connectivity index (χ0) is 20.8. The Kier molecular flexibility index (Phi) is 6.39. The fourth-order valence-corrected chi connectivity index (χ4v) is 3.06. The molecular weight excluding hydrogens is 370 g/mol. The maximum absolute atomic E-state index is 12.6. The molecule has 1 heterocycles. The van der Waals surface area contributed by atoms with Crippen LogP contribution in [0.2, 0.25) is 0 Å². The molecule has 1 aromatic heterocycles. The van der Waals surface area contributed by atoms with Gasteiger partial charge in [-0.3, -0.25) is 9.59 Å². The number of esters is 1. The van der Waals surface area contributed by atoms with Crippen LogP contribution in [0, 0.1) is 0 Å². The van der Waals surface area contributed by atoms with Gasteiger partial charge in [0.2, 0.25) is 0 Å². The van der Waals surface area contributed by atoms with Crippen LogP contribution in [-0.4, -0.2) is 28.3 Å². The van der Waals surface area contributed by atoms with E-state index in [1.54, 1.807) is 24.3 Å². The first-order chi connectivity index (χ1) is 14.0. The van der Waals surface area contributed by atoms with E-state index in [1.165, 1.54) is 4.68 Å². The zero-order valence-electron chi connectivity index (χ0n) is 16.4. The predicted molar refractivity (Wildman–Crippen MR) is 110 cm³/mol. The van der Waals surface area contributed by atoms with Crippen LogP contribution in [0.5, 0.6) is 0 Å². The Morgan fingerprint density at radius 2 is 1.72 bits per heavy atom. The van der Waals surface area contributed by atoms with Gasteiger partial charge in [0.25, 0.3) is 11.5 Å². The van der Waals surface area contributed by atoms with Crippen molar-refractivity contribution in [3.8, 4) is 0 Å². The third-order valence-electron chi connectivity index (χ3n) is 4.51. The lowest BCUT2D eigenvalue weighted by Gasteiger charge is -2.14. The molecule has 0 aliphatic rings. The van der Waals surface area contributed by atoms with Gasteiger partial charge in [-0.25, -0.2) is 9.48 Å². The molecule has 29 heavy (non-hydrogen) atoms. The quantitative estimate of drug-likeness (QED) is 0.624. The highest BCUT2D eigenvalue weighted by Crippen LogP contribution is 2.15. The molecule has 1 amide bonds. The summed E-state index contributed by atoms with van der Waals surface area (Å²) < 4.78 is 6.44. The lowest BCUT2D eigenvalue weighted by atomic mass is 10.1. The van der Waals surface area contributed by atoms with Crippen LogP contribution in [0.15, 0.2) is 59.4 Å². The summed E-state index contributed by atoms with van der Waals surface area (Å²) in [6.45, 7) is 3.72. The third-order valence-corrected chi connectivity index (χ3v) is 4.51. The second-order valence-corrected chi connectivity index (χ2v) is 6.70. The number of aryl methyl sites for hydroxylation is 1. The first-order valence-electron chi connectivity index (χ1n) is 9.52. The summed E-state index contributed by atoms with van der Waals surface area (Å²) in [5.74, 6) is -1.16. The van der Waals surface area contributed by atoms with Crippen molar-refractivity contribution in [3.05, 3.63) is 76.2 Å². The topological polar surface area (TPSA) is 90.3 Å². The lowest BCUT2D eigenvalue weighted by Crippen LogP contribution is -2.32. The number of ether oxygens (including phenoxy) is 1. The molecule has 7 heteroatoms. The second kappa shape index (κ2) is 9.14. The summed E-state index contributed by atoms with van der Waals surface area (Å²) in [7, 11) is 0. The number of hydrogen-bond acceptors (Lipinski definition) is 5. The van der Waals surface area contributed by atoms with Crippen molar-refractivity contribution in [3.63, 3.8) is 0 Å². The van der Waals surface area contributed by atoms with Gasteiger partial charge < -0.3 is 10.1 Å². The molecule has 150 valence electrons. The Hall–Kier alpha value is -3.48. The number of amides is 1. The summed E-state index contributed by atoms with van der Waals surface area (Å²) in [6.07, 6.45) is 0.694. The van der Waals surface area contributed by atoms with Gasteiger partial charge in [-0.15, -0.1) is 0 Å². The zero-order valence-corrected chi connectivity index (χ0v) is 16.4. The maximum atomic E-state index is 12.6. The average molecular weight is 393 g/mol. The van der Waals surface area contributed by atoms with Gasteiger partial charge in [0.15, 0.2) is 12.3 Å². The summed E-state index contributed by atoms with van der Waals surface area (Å²) in [4.78, 5) is 37.3. The number of nitrogens with one attached hydrogen (secondary N) is 1. The number of benzene rings is 2. The minimum atomic E-state index is -0.742. The second-order valence-electron chi connectivity index (χ2n) is 6.70. The highest BCUT2D eigenvalue weighted by atomic mass is 16.5.